The maximum Gasteiger partial charge on any atom is 0.401 e. The van der Waals surface area contributed by atoms with Crippen LogP contribution in [0, 0.1) is 10.1 Å². The molecule has 0 heterocycles. The third-order valence-corrected chi connectivity index (χ3v) is 3.52. The number of nitrogens with two attached hydrogens (primary N) is 1. The Morgan fingerprint density at radius 3 is 2.74 bits per heavy atom. The van der Waals surface area contributed by atoms with Crippen LogP contribution in [0.4, 0.5) is 5.69 Å². The molecule has 1 aromatic carbocycles. The molecule has 1 aliphatic carbocycles. The quantitative estimate of drug-likeness (QED) is 0.517. The summed E-state index contributed by atoms with van der Waals surface area (Å²) in [7, 11) is 0.726. The maximum absolute atomic E-state index is 11.0. The van der Waals surface area contributed by atoms with E-state index in [0.717, 1.165) is 12.5 Å². The standard InChI is InChI=1S/C10H11ClN2O5S/c11-19(16,17)18-7-4-6-2-1-3-8(12)10(6)9(5-7)13(14)15/h4-5,8H,1-3,12H2. The van der Waals surface area contributed by atoms with Crippen LogP contribution in [0.2, 0.25) is 0 Å². The maximum atomic E-state index is 11.0. The van der Waals surface area contributed by atoms with E-state index < -0.39 is 20.3 Å². The minimum atomic E-state index is -4.24. The molecule has 0 saturated heterocycles. The molecule has 0 saturated carbocycles. The molecule has 2 N–H and O–H groups in total. The summed E-state index contributed by atoms with van der Waals surface area (Å²) in [4.78, 5) is 10.4. The lowest BCUT2D eigenvalue weighted by molar-refractivity contribution is -0.385. The number of benzene rings is 1. The highest BCUT2D eigenvalue weighted by Crippen LogP contribution is 2.38. The summed E-state index contributed by atoms with van der Waals surface area (Å²) in [6.07, 6.45) is 2.02. The van der Waals surface area contributed by atoms with Gasteiger partial charge >= 0.3 is 9.33 Å². The SMILES string of the molecule is NC1CCCc2cc(OS(=O)(=O)Cl)cc([N+](=O)[O-])c21. The van der Waals surface area contributed by atoms with Crippen molar-refractivity contribution in [2.75, 3.05) is 0 Å². The van der Waals surface area contributed by atoms with E-state index in [1.165, 1.54) is 6.07 Å². The van der Waals surface area contributed by atoms with Crippen molar-refractivity contribution in [3.8, 4) is 5.75 Å². The van der Waals surface area contributed by atoms with Gasteiger partial charge in [-0.1, -0.05) is 0 Å². The van der Waals surface area contributed by atoms with Gasteiger partial charge in [0.2, 0.25) is 0 Å². The fraction of sp³-hybridized carbons (Fsp3) is 0.400. The number of rotatable bonds is 3. The Morgan fingerprint density at radius 2 is 2.16 bits per heavy atom. The van der Waals surface area contributed by atoms with Crippen LogP contribution < -0.4 is 9.92 Å². The topological polar surface area (TPSA) is 113 Å². The summed E-state index contributed by atoms with van der Waals surface area (Å²) in [5.41, 5.74) is 6.70. The zero-order valence-corrected chi connectivity index (χ0v) is 11.3. The van der Waals surface area contributed by atoms with Gasteiger partial charge in [0.1, 0.15) is 0 Å². The number of nitrogens with zero attached hydrogens (tertiary/aromatic N) is 1. The predicted octanol–water partition coefficient (Wildman–Crippen LogP) is 1.79. The van der Waals surface area contributed by atoms with Gasteiger partial charge in [-0.2, -0.15) is 8.42 Å². The second-order valence-electron chi connectivity index (χ2n) is 4.25. The first-order valence-electron chi connectivity index (χ1n) is 5.49. The van der Waals surface area contributed by atoms with E-state index in [4.69, 9.17) is 16.4 Å². The summed E-state index contributed by atoms with van der Waals surface area (Å²) in [5.74, 6) is -0.172. The van der Waals surface area contributed by atoms with Crippen LogP contribution in [-0.2, 0) is 15.8 Å². The second-order valence-corrected chi connectivity index (χ2v) is 6.33. The molecule has 1 unspecified atom stereocenters. The summed E-state index contributed by atoms with van der Waals surface area (Å²) in [5, 5.41) is 11.0. The number of nitro groups is 1. The molecule has 0 bridgehead atoms. The van der Waals surface area contributed by atoms with Crippen molar-refractivity contribution < 1.29 is 17.5 Å². The number of hydrogen-bond donors (Lipinski definition) is 1. The third-order valence-electron chi connectivity index (χ3n) is 2.94. The minimum Gasteiger partial charge on any atom is -0.371 e. The largest absolute Gasteiger partial charge is 0.401 e. The Morgan fingerprint density at radius 1 is 1.47 bits per heavy atom. The Labute approximate surface area is 114 Å². The van der Waals surface area contributed by atoms with E-state index in [1.54, 1.807) is 0 Å². The Hall–Kier alpha value is -1.38. The average Bonchev–Trinajstić information content (AvgIpc) is 2.25. The highest BCUT2D eigenvalue weighted by atomic mass is 35.7. The van der Waals surface area contributed by atoms with Crippen LogP contribution >= 0.6 is 10.7 Å². The molecule has 1 aliphatic rings. The minimum absolute atomic E-state index is 0.172. The zero-order chi connectivity index (χ0) is 14.2. The summed E-state index contributed by atoms with van der Waals surface area (Å²) < 4.78 is 26.2. The molecule has 0 fully saturated rings. The van der Waals surface area contributed by atoms with E-state index in [1.807, 2.05) is 0 Å². The first-order chi connectivity index (χ1) is 8.78. The van der Waals surface area contributed by atoms with Crippen molar-refractivity contribution in [2.24, 2.45) is 5.73 Å². The van der Waals surface area contributed by atoms with Crippen molar-refractivity contribution >= 4 is 25.7 Å². The molecular formula is C10H11ClN2O5S. The lowest BCUT2D eigenvalue weighted by Gasteiger charge is -2.22. The third kappa shape index (κ3) is 3.14. The monoisotopic (exact) mass is 306 g/mol. The number of hydrogen-bond acceptors (Lipinski definition) is 6. The smallest absolute Gasteiger partial charge is 0.371 e. The van der Waals surface area contributed by atoms with Crippen LogP contribution in [0.25, 0.3) is 0 Å². The molecule has 0 radical (unpaired) electrons. The van der Waals surface area contributed by atoms with Crippen LogP contribution in [-0.4, -0.2) is 13.3 Å². The number of aryl methyl sites for hydroxylation is 1. The molecule has 0 amide bonds. The molecular weight excluding hydrogens is 296 g/mol. The average molecular weight is 307 g/mol. The predicted molar refractivity (Wildman–Crippen MR) is 68.4 cm³/mol. The summed E-state index contributed by atoms with van der Waals surface area (Å²) in [6.45, 7) is 0. The highest BCUT2D eigenvalue weighted by Gasteiger charge is 2.28. The van der Waals surface area contributed by atoms with Gasteiger partial charge < -0.3 is 9.92 Å². The van der Waals surface area contributed by atoms with Gasteiger partial charge in [0.05, 0.1) is 21.7 Å². The van der Waals surface area contributed by atoms with Gasteiger partial charge in [0, 0.05) is 11.6 Å². The van der Waals surface area contributed by atoms with Gasteiger partial charge in [0.25, 0.3) is 5.69 Å². The molecule has 7 nitrogen and oxygen atoms in total. The number of fused-ring (bicyclic) bond motifs is 1. The van der Waals surface area contributed by atoms with Crippen LogP contribution in [0.5, 0.6) is 5.75 Å². The normalized spacial score (nSPS) is 18.7. The van der Waals surface area contributed by atoms with Crippen LogP contribution in [0.3, 0.4) is 0 Å². The molecule has 0 spiro atoms. The van der Waals surface area contributed by atoms with Crippen molar-refractivity contribution in [1.29, 1.82) is 0 Å². The fourth-order valence-corrected chi connectivity index (χ4v) is 2.82. The van der Waals surface area contributed by atoms with Gasteiger partial charge in [-0.25, -0.2) is 0 Å². The Balaban J connectivity index is 2.57. The highest BCUT2D eigenvalue weighted by molar-refractivity contribution is 8.10. The number of halogens is 1. The number of nitro benzene ring substituents is 1. The second kappa shape index (κ2) is 4.95. The Bertz CT molecular complexity index is 631. The van der Waals surface area contributed by atoms with Gasteiger partial charge in [0.15, 0.2) is 5.75 Å². The summed E-state index contributed by atoms with van der Waals surface area (Å²) in [6, 6.07) is 2.04. The first-order valence-corrected chi connectivity index (χ1v) is 7.72. The van der Waals surface area contributed by atoms with Crippen molar-refractivity contribution in [1.82, 2.24) is 0 Å². The van der Waals surface area contributed by atoms with Gasteiger partial charge in [-0.05, 0) is 30.9 Å². The molecule has 19 heavy (non-hydrogen) atoms. The van der Waals surface area contributed by atoms with E-state index in [-0.39, 0.29) is 11.4 Å². The van der Waals surface area contributed by atoms with Crippen LogP contribution in [0.1, 0.15) is 30.0 Å². The van der Waals surface area contributed by atoms with Crippen molar-refractivity contribution in [2.45, 2.75) is 25.3 Å². The van der Waals surface area contributed by atoms with E-state index >= 15 is 0 Å². The molecule has 104 valence electrons. The fourth-order valence-electron chi connectivity index (χ4n) is 2.27. The van der Waals surface area contributed by atoms with Gasteiger partial charge in [-0.3, -0.25) is 10.1 Å². The Kier molecular flexibility index (Phi) is 3.66. The van der Waals surface area contributed by atoms with E-state index in [9.17, 15) is 18.5 Å². The zero-order valence-electron chi connectivity index (χ0n) is 9.71. The van der Waals surface area contributed by atoms with Crippen LogP contribution in [0.15, 0.2) is 12.1 Å². The molecule has 0 aromatic heterocycles. The van der Waals surface area contributed by atoms with Gasteiger partial charge in [-0.15, -0.1) is 0 Å². The molecule has 1 aromatic rings. The molecule has 0 aliphatic heterocycles. The first kappa shape index (κ1) is 14.0. The molecule has 1 atom stereocenters. The summed E-state index contributed by atoms with van der Waals surface area (Å²) >= 11 is 0. The van der Waals surface area contributed by atoms with E-state index in [2.05, 4.69) is 4.18 Å². The van der Waals surface area contributed by atoms with Crippen molar-refractivity contribution in [3.05, 3.63) is 33.4 Å². The lowest BCUT2D eigenvalue weighted by Crippen LogP contribution is -2.19. The lowest BCUT2D eigenvalue weighted by atomic mass is 9.87. The van der Waals surface area contributed by atoms with Crippen molar-refractivity contribution in [3.63, 3.8) is 0 Å². The molecule has 9 heteroatoms. The van der Waals surface area contributed by atoms with E-state index in [0.29, 0.717) is 24.0 Å². The molecule has 2 rings (SSSR count).